The molecular weight excluding hydrogens is 382 g/mol. The van der Waals surface area contributed by atoms with E-state index in [9.17, 15) is 9.90 Å². The van der Waals surface area contributed by atoms with Crippen LogP contribution in [0, 0.1) is 46.3 Å². The van der Waals surface area contributed by atoms with Crippen LogP contribution in [0.15, 0.2) is 0 Å². The second kappa shape index (κ2) is 9.45. The standard InChI is InChI=1S/C28H49NO2/c1-5-22(31)8-6-19(2)24-10-11-25-23-9-7-20-18-21(29-16-17-30)12-14-27(20,3)26(23)13-15-28(24,25)4/h19-21,23-26,29-30H,5-18H2,1-4H3/t19-,20-,21+,23?,24-,25?,26?,27+,28-/m1/s1. The van der Waals surface area contributed by atoms with Crippen molar-refractivity contribution in [1.29, 1.82) is 0 Å². The summed E-state index contributed by atoms with van der Waals surface area (Å²) in [6.45, 7) is 10.8. The molecule has 3 unspecified atom stereocenters. The van der Waals surface area contributed by atoms with Gasteiger partial charge in [0.2, 0.25) is 0 Å². The number of hydrogen-bond acceptors (Lipinski definition) is 3. The van der Waals surface area contributed by atoms with Crippen molar-refractivity contribution in [2.45, 2.75) is 111 Å². The van der Waals surface area contributed by atoms with Gasteiger partial charge >= 0.3 is 0 Å². The lowest BCUT2D eigenvalue weighted by Crippen LogP contribution is -2.55. The highest BCUT2D eigenvalue weighted by Gasteiger charge is 2.60. The van der Waals surface area contributed by atoms with Crippen molar-refractivity contribution in [3.05, 3.63) is 0 Å². The summed E-state index contributed by atoms with van der Waals surface area (Å²) in [5.41, 5.74) is 1.05. The number of carbonyl (C=O) groups is 1. The molecule has 4 aliphatic carbocycles. The predicted molar refractivity (Wildman–Crippen MR) is 128 cm³/mol. The van der Waals surface area contributed by atoms with Crippen LogP contribution >= 0.6 is 0 Å². The van der Waals surface area contributed by atoms with Gasteiger partial charge in [-0.1, -0.05) is 27.7 Å². The molecule has 4 fully saturated rings. The first kappa shape index (κ1) is 23.7. The Morgan fingerprint density at radius 3 is 2.52 bits per heavy atom. The maximum absolute atomic E-state index is 11.9. The molecule has 9 atom stereocenters. The maximum Gasteiger partial charge on any atom is 0.132 e. The van der Waals surface area contributed by atoms with E-state index in [1.807, 2.05) is 6.92 Å². The van der Waals surface area contributed by atoms with Gasteiger partial charge in [0, 0.05) is 25.4 Å². The molecule has 31 heavy (non-hydrogen) atoms. The molecule has 0 bridgehead atoms. The number of rotatable bonds is 8. The van der Waals surface area contributed by atoms with Crippen molar-refractivity contribution in [3.63, 3.8) is 0 Å². The van der Waals surface area contributed by atoms with Crippen molar-refractivity contribution in [3.8, 4) is 0 Å². The minimum absolute atomic E-state index is 0.260. The molecule has 4 saturated carbocycles. The normalized spacial score (nSPS) is 45.5. The van der Waals surface area contributed by atoms with E-state index >= 15 is 0 Å². The van der Waals surface area contributed by atoms with Crippen LogP contribution in [0.5, 0.6) is 0 Å². The Labute approximate surface area is 191 Å². The van der Waals surface area contributed by atoms with Crippen LogP contribution in [0.3, 0.4) is 0 Å². The largest absolute Gasteiger partial charge is 0.395 e. The summed E-state index contributed by atoms with van der Waals surface area (Å²) < 4.78 is 0. The van der Waals surface area contributed by atoms with Crippen LogP contribution in [-0.4, -0.2) is 30.1 Å². The third-order valence-electron chi connectivity index (χ3n) is 11.2. The molecule has 0 amide bonds. The molecule has 0 aliphatic heterocycles. The number of fused-ring (bicyclic) bond motifs is 5. The van der Waals surface area contributed by atoms with E-state index in [2.05, 4.69) is 26.1 Å². The Bertz CT molecular complexity index is 635. The van der Waals surface area contributed by atoms with Gasteiger partial charge in [-0.2, -0.15) is 0 Å². The molecule has 0 aromatic carbocycles. The highest BCUT2D eigenvalue weighted by molar-refractivity contribution is 5.77. The fourth-order valence-corrected chi connectivity index (χ4v) is 9.45. The van der Waals surface area contributed by atoms with Crippen molar-refractivity contribution in [2.24, 2.45) is 46.3 Å². The fraction of sp³-hybridized carbons (Fsp3) is 0.964. The summed E-state index contributed by atoms with van der Waals surface area (Å²) in [6, 6.07) is 0.623. The Kier molecular flexibility index (Phi) is 7.24. The lowest BCUT2D eigenvalue weighted by Gasteiger charge is -2.61. The van der Waals surface area contributed by atoms with Gasteiger partial charge in [-0.15, -0.1) is 0 Å². The zero-order chi connectivity index (χ0) is 22.2. The molecule has 2 N–H and O–H groups in total. The zero-order valence-electron chi connectivity index (χ0n) is 20.8. The summed E-state index contributed by atoms with van der Waals surface area (Å²) in [6.07, 6.45) is 15.2. The molecule has 3 heteroatoms. The highest BCUT2D eigenvalue weighted by Crippen LogP contribution is 2.68. The third-order valence-corrected chi connectivity index (χ3v) is 11.2. The number of carbonyl (C=O) groups excluding carboxylic acids is 1. The van der Waals surface area contributed by atoms with E-state index < -0.39 is 0 Å². The lowest BCUT2D eigenvalue weighted by atomic mass is 9.44. The first-order valence-electron chi connectivity index (χ1n) is 13.7. The third kappa shape index (κ3) is 4.27. The molecule has 0 aromatic heterocycles. The number of ketones is 1. The number of hydrogen-bond donors (Lipinski definition) is 2. The van der Waals surface area contributed by atoms with Crippen LogP contribution in [-0.2, 0) is 4.79 Å². The van der Waals surface area contributed by atoms with Gasteiger partial charge in [0.25, 0.3) is 0 Å². The minimum atomic E-state index is 0.260. The van der Waals surface area contributed by atoms with E-state index in [1.54, 1.807) is 0 Å². The van der Waals surface area contributed by atoms with Crippen molar-refractivity contribution in [1.82, 2.24) is 5.32 Å². The highest BCUT2D eigenvalue weighted by atomic mass is 16.3. The Morgan fingerprint density at radius 2 is 1.77 bits per heavy atom. The first-order valence-corrected chi connectivity index (χ1v) is 13.7. The molecule has 4 aliphatic rings. The summed E-state index contributed by atoms with van der Waals surface area (Å²) in [5, 5.41) is 12.8. The zero-order valence-corrected chi connectivity index (χ0v) is 20.8. The van der Waals surface area contributed by atoms with Crippen molar-refractivity contribution >= 4 is 5.78 Å². The minimum Gasteiger partial charge on any atom is -0.395 e. The smallest absolute Gasteiger partial charge is 0.132 e. The van der Waals surface area contributed by atoms with Gasteiger partial charge in [-0.25, -0.2) is 0 Å². The number of aliphatic hydroxyl groups excluding tert-OH is 1. The monoisotopic (exact) mass is 431 g/mol. The van der Waals surface area contributed by atoms with Gasteiger partial charge < -0.3 is 10.4 Å². The molecule has 0 radical (unpaired) electrons. The number of Topliss-reactive ketones (excluding diaryl/α,β-unsaturated/α-hetero) is 1. The summed E-state index contributed by atoms with van der Waals surface area (Å²) >= 11 is 0. The molecule has 0 aromatic rings. The van der Waals surface area contributed by atoms with E-state index in [4.69, 9.17) is 0 Å². The van der Waals surface area contributed by atoms with Crippen molar-refractivity contribution in [2.75, 3.05) is 13.2 Å². The second-order valence-electron chi connectivity index (χ2n) is 12.4. The summed E-state index contributed by atoms with van der Waals surface area (Å²) in [4.78, 5) is 11.9. The van der Waals surface area contributed by atoms with E-state index in [-0.39, 0.29) is 6.61 Å². The second-order valence-corrected chi connectivity index (χ2v) is 12.4. The Balaban J connectivity index is 1.43. The van der Waals surface area contributed by atoms with Crippen LogP contribution in [0.1, 0.15) is 105 Å². The molecule has 4 rings (SSSR count). The average molecular weight is 432 g/mol. The lowest BCUT2D eigenvalue weighted by molar-refractivity contribution is -0.121. The average Bonchev–Trinajstić information content (AvgIpc) is 3.13. The maximum atomic E-state index is 11.9. The Hall–Kier alpha value is -0.410. The van der Waals surface area contributed by atoms with Crippen molar-refractivity contribution < 1.29 is 9.90 Å². The van der Waals surface area contributed by atoms with Crippen LogP contribution in [0.2, 0.25) is 0 Å². The molecule has 0 spiro atoms. The molecule has 3 nitrogen and oxygen atoms in total. The van der Waals surface area contributed by atoms with E-state index in [0.29, 0.717) is 35.0 Å². The quantitative estimate of drug-likeness (QED) is 0.496. The number of aliphatic hydroxyl groups is 1. The van der Waals surface area contributed by atoms with Gasteiger partial charge in [0.05, 0.1) is 6.61 Å². The molecule has 178 valence electrons. The van der Waals surface area contributed by atoms with Crippen LogP contribution < -0.4 is 5.32 Å². The molecule has 0 saturated heterocycles. The van der Waals surface area contributed by atoms with E-state index in [1.165, 1.54) is 57.8 Å². The Morgan fingerprint density at radius 1 is 1.03 bits per heavy atom. The summed E-state index contributed by atoms with van der Waals surface area (Å²) in [5.74, 6) is 5.64. The number of nitrogens with one attached hydrogen (secondary N) is 1. The van der Waals surface area contributed by atoms with E-state index in [0.717, 1.165) is 49.0 Å². The fourth-order valence-electron chi connectivity index (χ4n) is 9.45. The SMILES string of the molecule is CCC(=O)CC[C@@H](C)[C@H]1CCC2C3CC[C@@H]4C[C@@H](NCCO)CC[C@]4(C)C3CC[C@@]21C. The topological polar surface area (TPSA) is 49.3 Å². The van der Waals surface area contributed by atoms with Crippen LogP contribution in [0.4, 0.5) is 0 Å². The van der Waals surface area contributed by atoms with Gasteiger partial charge in [0.15, 0.2) is 0 Å². The first-order chi connectivity index (χ1) is 14.8. The molecule has 0 heterocycles. The molecular formula is C28H49NO2. The summed E-state index contributed by atoms with van der Waals surface area (Å²) in [7, 11) is 0. The van der Waals surface area contributed by atoms with Crippen LogP contribution in [0.25, 0.3) is 0 Å². The predicted octanol–water partition coefficient (Wildman–Crippen LogP) is 5.99. The van der Waals surface area contributed by atoms with Gasteiger partial charge in [0.1, 0.15) is 5.78 Å². The van der Waals surface area contributed by atoms with Gasteiger partial charge in [-0.05, 0) is 111 Å². The van der Waals surface area contributed by atoms with Gasteiger partial charge in [-0.3, -0.25) is 4.79 Å².